The number of nitrogens with zero attached hydrogens (tertiary/aromatic N) is 1. The minimum Gasteiger partial charge on any atom is -0.325 e. The summed E-state index contributed by atoms with van der Waals surface area (Å²) in [5.41, 5.74) is 2.04. The number of carbonyl (C=O) groups excluding carboxylic acids is 1. The number of aryl methyl sites for hydroxylation is 1. The third-order valence-corrected chi connectivity index (χ3v) is 3.63. The van der Waals surface area contributed by atoms with E-state index in [1.165, 1.54) is 0 Å². The Morgan fingerprint density at radius 2 is 2.21 bits per heavy atom. The fraction of sp³-hybridized carbons (Fsp3) is 0.438. The maximum Gasteiger partial charge on any atom is 0.238 e. The van der Waals surface area contributed by atoms with Gasteiger partial charge in [0.05, 0.1) is 6.54 Å². The van der Waals surface area contributed by atoms with Gasteiger partial charge in [0.25, 0.3) is 0 Å². The highest BCUT2D eigenvalue weighted by Crippen LogP contribution is 2.17. The number of hydrogen-bond donors (Lipinski definition) is 1. The van der Waals surface area contributed by atoms with Crippen molar-refractivity contribution in [3.8, 4) is 0 Å². The average Bonchev–Trinajstić information content (AvgIpc) is 2.39. The molecule has 1 amide bonds. The second-order valence-corrected chi connectivity index (χ2v) is 5.27. The van der Waals surface area contributed by atoms with E-state index >= 15 is 0 Å². The van der Waals surface area contributed by atoms with Gasteiger partial charge >= 0.3 is 0 Å². The van der Waals surface area contributed by atoms with Gasteiger partial charge in [-0.05, 0) is 56.5 Å². The van der Waals surface area contributed by atoms with Gasteiger partial charge in [0.2, 0.25) is 5.91 Å². The number of benzene rings is 1. The Bertz CT molecular complexity index is 448. The van der Waals surface area contributed by atoms with Crippen molar-refractivity contribution in [2.45, 2.75) is 19.8 Å². The molecule has 1 N–H and O–H groups in total. The molecule has 102 valence electrons. The summed E-state index contributed by atoms with van der Waals surface area (Å²) in [7, 11) is 0. The molecule has 19 heavy (non-hydrogen) atoms. The van der Waals surface area contributed by atoms with E-state index in [-0.39, 0.29) is 5.91 Å². The molecule has 1 aliphatic heterocycles. The van der Waals surface area contributed by atoms with Gasteiger partial charge in [-0.3, -0.25) is 9.69 Å². The molecule has 1 saturated heterocycles. The molecule has 1 aromatic rings. The normalized spacial score (nSPS) is 17.1. The summed E-state index contributed by atoms with van der Waals surface area (Å²) >= 11 is 0. The molecule has 2 rings (SSSR count). The highest BCUT2D eigenvalue weighted by molar-refractivity contribution is 5.92. The summed E-state index contributed by atoms with van der Waals surface area (Å²) < 4.78 is 0. The van der Waals surface area contributed by atoms with E-state index in [1.807, 2.05) is 37.3 Å². The molecule has 0 radical (unpaired) electrons. The molecule has 0 atom stereocenters. The highest BCUT2D eigenvalue weighted by atomic mass is 16.2. The molecule has 1 aliphatic rings. The van der Waals surface area contributed by atoms with E-state index < -0.39 is 0 Å². The van der Waals surface area contributed by atoms with Crippen LogP contribution in [-0.2, 0) is 4.79 Å². The summed E-state index contributed by atoms with van der Waals surface area (Å²) in [6.45, 7) is 8.31. The Morgan fingerprint density at radius 3 is 2.84 bits per heavy atom. The summed E-state index contributed by atoms with van der Waals surface area (Å²) in [6, 6.07) is 7.90. The monoisotopic (exact) mass is 258 g/mol. The first-order valence-corrected chi connectivity index (χ1v) is 6.89. The van der Waals surface area contributed by atoms with Crippen molar-refractivity contribution in [3.63, 3.8) is 0 Å². The van der Waals surface area contributed by atoms with Gasteiger partial charge in [-0.2, -0.15) is 0 Å². The van der Waals surface area contributed by atoms with Crippen molar-refractivity contribution in [2.75, 3.05) is 25.0 Å². The first kappa shape index (κ1) is 13.8. The Kier molecular flexibility index (Phi) is 4.74. The van der Waals surface area contributed by atoms with Gasteiger partial charge in [0.15, 0.2) is 0 Å². The number of nitrogens with one attached hydrogen (secondary N) is 1. The standard InChI is InChI=1S/C16H22N2O/c1-3-14-7-9-18(10-8-14)12-16(19)17-15-6-4-5-13(2)11-15/h3-6,11,14H,1,7-10,12H2,2H3,(H,17,19). The predicted octanol–water partition coefficient (Wildman–Crippen LogP) is 2.83. The van der Waals surface area contributed by atoms with Crippen LogP contribution in [0.15, 0.2) is 36.9 Å². The number of piperidine rings is 1. The Labute approximate surface area is 115 Å². The zero-order valence-electron chi connectivity index (χ0n) is 11.6. The van der Waals surface area contributed by atoms with Gasteiger partial charge in [-0.25, -0.2) is 0 Å². The van der Waals surface area contributed by atoms with E-state index in [4.69, 9.17) is 0 Å². The summed E-state index contributed by atoms with van der Waals surface area (Å²) in [5.74, 6) is 0.693. The molecule has 0 saturated carbocycles. The van der Waals surface area contributed by atoms with Gasteiger partial charge in [0.1, 0.15) is 0 Å². The van der Waals surface area contributed by atoms with Crippen LogP contribution in [0.5, 0.6) is 0 Å². The van der Waals surface area contributed by atoms with Gasteiger partial charge in [-0.15, -0.1) is 6.58 Å². The maximum atomic E-state index is 12.0. The van der Waals surface area contributed by atoms with Crippen LogP contribution in [0, 0.1) is 12.8 Å². The average molecular weight is 258 g/mol. The molecule has 3 heteroatoms. The lowest BCUT2D eigenvalue weighted by Crippen LogP contribution is -2.38. The van der Waals surface area contributed by atoms with Crippen molar-refractivity contribution in [1.29, 1.82) is 0 Å². The minimum absolute atomic E-state index is 0.0719. The van der Waals surface area contributed by atoms with E-state index in [0.29, 0.717) is 12.5 Å². The van der Waals surface area contributed by atoms with Crippen LogP contribution in [0.2, 0.25) is 0 Å². The number of likely N-dealkylation sites (tertiary alicyclic amines) is 1. The van der Waals surface area contributed by atoms with Gasteiger partial charge < -0.3 is 5.32 Å². The number of rotatable bonds is 4. The fourth-order valence-electron chi connectivity index (χ4n) is 2.47. The first-order chi connectivity index (χ1) is 9.17. The molecule has 1 aromatic carbocycles. The van der Waals surface area contributed by atoms with Crippen LogP contribution >= 0.6 is 0 Å². The van der Waals surface area contributed by atoms with Crippen LogP contribution in [0.3, 0.4) is 0 Å². The lowest BCUT2D eigenvalue weighted by molar-refractivity contribution is -0.117. The number of amides is 1. The second-order valence-electron chi connectivity index (χ2n) is 5.27. The zero-order valence-corrected chi connectivity index (χ0v) is 11.6. The summed E-state index contributed by atoms with van der Waals surface area (Å²) in [5, 5.41) is 2.95. The van der Waals surface area contributed by atoms with Crippen molar-refractivity contribution < 1.29 is 4.79 Å². The number of hydrogen-bond acceptors (Lipinski definition) is 2. The second kappa shape index (κ2) is 6.53. The van der Waals surface area contributed by atoms with Crippen LogP contribution in [0.4, 0.5) is 5.69 Å². The quantitative estimate of drug-likeness (QED) is 0.842. The SMILES string of the molecule is C=CC1CCN(CC(=O)Nc2cccc(C)c2)CC1. The van der Waals surface area contributed by atoms with Gasteiger partial charge in [0, 0.05) is 5.69 Å². The fourth-order valence-corrected chi connectivity index (χ4v) is 2.47. The molecule has 0 aliphatic carbocycles. The summed E-state index contributed by atoms with van der Waals surface area (Å²) in [6.07, 6.45) is 4.26. The first-order valence-electron chi connectivity index (χ1n) is 6.89. The predicted molar refractivity (Wildman–Crippen MR) is 79.2 cm³/mol. The van der Waals surface area contributed by atoms with Gasteiger partial charge in [-0.1, -0.05) is 18.2 Å². The van der Waals surface area contributed by atoms with Crippen LogP contribution in [0.1, 0.15) is 18.4 Å². The van der Waals surface area contributed by atoms with Crippen molar-refractivity contribution >= 4 is 11.6 Å². The van der Waals surface area contributed by atoms with Crippen LogP contribution in [0.25, 0.3) is 0 Å². The molecule has 0 aromatic heterocycles. The molecule has 1 fully saturated rings. The maximum absolute atomic E-state index is 12.0. The molecular formula is C16H22N2O. The van der Waals surface area contributed by atoms with E-state index in [1.54, 1.807) is 0 Å². The highest BCUT2D eigenvalue weighted by Gasteiger charge is 2.18. The number of allylic oxidation sites excluding steroid dienone is 1. The molecule has 3 nitrogen and oxygen atoms in total. The third kappa shape index (κ3) is 4.21. The van der Waals surface area contributed by atoms with E-state index in [0.717, 1.165) is 37.2 Å². The third-order valence-electron chi connectivity index (χ3n) is 3.63. The van der Waals surface area contributed by atoms with Crippen molar-refractivity contribution in [2.24, 2.45) is 5.92 Å². The Balaban J connectivity index is 1.80. The topological polar surface area (TPSA) is 32.3 Å². The Hall–Kier alpha value is -1.61. The smallest absolute Gasteiger partial charge is 0.238 e. The van der Waals surface area contributed by atoms with E-state index in [9.17, 15) is 4.79 Å². The zero-order chi connectivity index (χ0) is 13.7. The number of carbonyl (C=O) groups is 1. The molecule has 0 spiro atoms. The number of anilines is 1. The molecule has 1 heterocycles. The van der Waals surface area contributed by atoms with Crippen LogP contribution < -0.4 is 5.32 Å². The molecular weight excluding hydrogens is 236 g/mol. The van der Waals surface area contributed by atoms with E-state index in [2.05, 4.69) is 16.8 Å². The molecule has 0 unspecified atom stereocenters. The van der Waals surface area contributed by atoms with Crippen LogP contribution in [-0.4, -0.2) is 30.4 Å². The lowest BCUT2D eigenvalue weighted by atomic mass is 9.97. The van der Waals surface area contributed by atoms with Crippen molar-refractivity contribution in [1.82, 2.24) is 4.90 Å². The Morgan fingerprint density at radius 1 is 1.47 bits per heavy atom. The largest absolute Gasteiger partial charge is 0.325 e. The minimum atomic E-state index is 0.0719. The lowest BCUT2D eigenvalue weighted by Gasteiger charge is -2.29. The van der Waals surface area contributed by atoms with Crippen molar-refractivity contribution in [3.05, 3.63) is 42.5 Å². The summed E-state index contributed by atoms with van der Waals surface area (Å²) in [4.78, 5) is 14.2. The molecule has 0 bridgehead atoms.